The minimum absolute atomic E-state index is 0.180. The minimum atomic E-state index is -1.20. The van der Waals surface area contributed by atoms with E-state index in [4.69, 9.17) is 9.47 Å². The van der Waals surface area contributed by atoms with E-state index >= 15 is 0 Å². The molecule has 1 N–H and O–H groups in total. The van der Waals surface area contributed by atoms with E-state index in [1.165, 1.54) is 12.8 Å². The van der Waals surface area contributed by atoms with Crippen LogP contribution in [0.4, 0.5) is 0 Å². The minimum Gasteiger partial charge on any atom is -0.489 e. The second-order valence-electron chi connectivity index (χ2n) is 8.30. The van der Waals surface area contributed by atoms with Gasteiger partial charge in [0.05, 0.1) is 12.0 Å². The third-order valence-corrected chi connectivity index (χ3v) is 6.33. The van der Waals surface area contributed by atoms with Gasteiger partial charge in [0.1, 0.15) is 12.4 Å². The van der Waals surface area contributed by atoms with E-state index in [0.717, 1.165) is 30.6 Å². The molecule has 2 heterocycles. The Labute approximate surface area is 167 Å². The van der Waals surface area contributed by atoms with E-state index in [1.54, 1.807) is 6.92 Å². The molecule has 0 radical (unpaired) electrons. The van der Waals surface area contributed by atoms with Crippen LogP contribution in [0.1, 0.15) is 65.7 Å². The normalized spacial score (nSPS) is 30.6. The van der Waals surface area contributed by atoms with Crippen molar-refractivity contribution in [2.24, 2.45) is 11.8 Å². The van der Waals surface area contributed by atoms with Crippen molar-refractivity contribution in [3.63, 3.8) is 0 Å². The number of aliphatic hydroxyl groups is 1. The number of hydrogen-bond donors (Lipinski definition) is 1. The summed E-state index contributed by atoms with van der Waals surface area (Å²) in [5, 5.41) is 10.8. The number of carbonyl (C=O) groups excluding carboxylic acids is 2. The third kappa shape index (κ3) is 3.82. The zero-order valence-corrected chi connectivity index (χ0v) is 17.2. The summed E-state index contributed by atoms with van der Waals surface area (Å²) in [6.07, 6.45) is 11.4. The van der Waals surface area contributed by atoms with Gasteiger partial charge in [0.2, 0.25) is 5.78 Å². The Kier molecular flexibility index (Phi) is 6.43. The molecule has 1 unspecified atom stereocenters. The van der Waals surface area contributed by atoms with Crippen LogP contribution in [0.3, 0.4) is 0 Å². The van der Waals surface area contributed by atoms with Gasteiger partial charge in [-0.1, -0.05) is 45.1 Å². The third-order valence-electron chi connectivity index (χ3n) is 6.33. The molecular weight excluding hydrogens is 356 g/mol. The number of rotatable bonds is 8. The van der Waals surface area contributed by atoms with E-state index in [0.29, 0.717) is 18.4 Å². The number of carbonyl (C=O) groups is 2. The predicted molar refractivity (Wildman–Crippen MR) is 106 cm³/mol. The van der Waals surface area contributed by atoms with Gasteiger partial charge >= 0.3 is 5.97 Å². The number of hydrogen-bond acceptors (Lipinski definition) is 5. The molecule has 0 aromatic carbocycles. The Balaban J connectivity index is 1.77. The first-order chi connectivity index (χ1) is 13.4. The molecule has 0 bridgehead atoms. The molecule has 0 aromatic rings. The average molecular weight is 389 g/mol. The monoisotopic (exact) mass is 388 g/mol. The zero-order valence-electron chi connectivity index (χ0n) is 17.2. The van der Waals surface area contributed by atoms with Crippen LogP contribution >= 0.6 is 0 Å². The van der Waals surface area contributed by atoms with Crippen molar-refractivity contribution in [3.8, 4) is 0 Å². The van der Waals surface area contributed by atoms with Crippen LogP contribution in [0, 0.1) is 11.8 Å². The molecule has 4 atom stereocenters. The molecular formula is C23H32O5. The topological polar surface area (TPSA) is 72.8 Å². The molecule has 0 saturated carbocycles. The summed E-state index contributed by atoms with van der Waals surface area (Å²) >= 11 is 0. The van der Waals surface area contributed by atoms with Crippen LogP contribution < -0.4 is 0 Å². The summed E-state index contributed by atoms with van der Waals surface area (Å²) in [6, 6.07) is 0. The fraction of sp³-hybridized carbons (Fsp3) is 0.652. The number of fused-ring (bicyclic) bond motifs is 1. The van der Waals surface area contributed by atoms with E-state index in [2.05, 4.69) is 6.92 Å². The molecule has 28 heavy (non-hydrogen) atoms. The van der Waals surface area contributed by atoms with Crippen LogP contribution in [-0.4, -0.2) is 35.2 Å². The van der Waals surface area contributed by atoms with Crippen LogP contribution in [-0.2, 0) is 19.1 Å². The average Bonchev–Trinajstić information content (AvgIpc) is 2.92. The first-order valence-corrected chi connectivity index (χ1v) is 10.6. The number of esters is 1. The smallest absolute Gasteiger partial charge is 0.313 e. The molecule has 5 nitrogen and oxygen atoms in total. The molecule has 154 valence electrons. The maximum atomic E-state index is 13.1. The summed E-state index contributed by atoms with van der Waals surface area (Å²) in [5.74, 6) is -0.884. The van der Waals surface area contributed by atoms with Gasteiger partial charge in [-0.15, -0.1) is 0 Å². The van der Waals surface area contributed by atoms with Crippen molar-refractivity contribution in [2.45, 2.75) is 77.4 Å². The Hall–Kier alpha value is -1.88. The van der Waals surface area contributed by atoms with Crippen molar-refractivity contribution in [1.29, 1.82) is 0 Å². The lowest BCUT2D eigenvalue weighted by Crippen LogP contribution is -2.48. The molecule has 5 heteroatoms. The summed E-state index contributed by atoms with van der Waals surface area (Å²) < 4.78 is 11.2. The van der Waals surface area contributed by atoms with Gasteiger partial charge in [-0.2, -0.15) is 0 Å². The fourth-order valence-corrected chi connectivity index (χ4v) is 4.70. The number of aliphatic hydroxyl groups excluding tert-OH is 1. The number of Topliss-reactive ketones (excluding diaryl/α,β-unsaturated/α-hetero) is 1. The van der Waals surface area contributed by atoms with E-state index in [-0.39, 0.29) is 18.3 Å². The number of ether oxygens (including phenoxy) is 2. The Morgan fingerprint density at radius 3 is 2.75 bits per heavy atom. The van der Waals surface area contributed by atoms with Gasteiger partial charge in [0.15, 0.2) is 5.60 Å². The summed E-state index contributed by atoms with van der Waals surface area (Å²) in [6.45, 7) is 5.98. The number of allylic oxidation sites excluding steroid dienone is 4. The summed E-state index contributed by atoms with van der Waals surface area (Å²) in [7, 11) is 0. The Bertz CT molecular complexity index is 717. The molecule has 0 amide bonds. The lowest BCUT2D eigenvalue weighted by atomic mass is 9.67. The van der Waals surface area contributed by atoms with Crippen molar-refractivity contribution in [2.75, 3.05) is 6.61 Å². The molecule has 1 saturated heterocycles. The highest BCUT2D eigenvalue weighted by molar-refractivity contribution is 6.07. The van der Waals surface area contributed by atoms with Crippen LogP contribution in [0.15, 0.2) is 35.1 Å². The highest BCUT2D eigenvalue weighted by Gasteiger charge is 2.61. The molecule has 0 aromatic heterocycles. The second kappa shape index (κ2) is 8.64. The lowest BCUT2D eigenvalue weighted by molar-refractivity contribution is -0.158. The lowest BCUT2D eigenvalue weighted by Gasteiger charge is -2.37. The first-order valence-electron chi connectivity index (χ1n) is 10.6. The van der Waals surface area contributed by atoms with Crippen LogP contribution in [0.5, 0.6) is 0 Å². The maximum Gasteiger partial charge on any atom is 0.313 e. The molecule has 1 aliphatic carbocycles. The molecule has 3 aliphatic rings. The molecule has 2 aliphatic heterocycles. The van der Waals surface area contributed by atoms with Gasteiger partial charge in [-0.05, 0) is 44.4 Å². The van der Waals surface area contributed by atoms with Gasteiger partial charge < -0.3 is 14.6 Å². The van der Waals surface area contributed by atoms with Crippen molar-refractivity contribution in [1.82, 2.24) is 0 Å². The van der Waals surface area contributed by atoms with Crippen molar-refractivity contribution >= 4 is 11.8 Å². The van der Waals surface area contributed by atoms with Gasteiger partial charge in [-0.25, -0.2) is 0 Å². The molecule has 0 spiro atoms. The van der Waals surface area contributed by atoms with Crippen LogP contribution in [0.25, 0.3) is 0 Å². The molecule has 3 rings (SSSR count). The zero-order chi connectivity index (χ0) is 20.3. The Morgan fingerprint density at radius 2 is 2.04 bits per heavy atom. The first kappa shape index (κ1) is 20.8. The number of ketones is 1. The molecule has 1 fully saturated rings. The van der Waals surface area contributed by atoms with Gasteiger partial charge in [0, 0.05) is 11.5 Å². The van der Waals surface area contributed by atoms with Crippen LogP contribution in [0.2, 0.25) is 0 Å². The summed E-state index contributed by atoms with van der Waals surface area (Å²) in [4.78, 5) is 25.8. The quantitative estimate of drug-likeness (QED) is 0.502. The second-order valence-corrected chi connectivity index (χ2v) is 8.30. The SMILES string of the molecule is C/C=C/C1=CC2=C(CO1)C(=O)[C@@]1(C)OC(=O)[C@@H](C(O)CCCCCCC)[C@@H]1C2. The van der Waals surface area contributed by atoms with E-state index in [9.17, 15) is 14.7 Å². The standard InChI is InChI=1S/C23H32O5/c1-4-6-7-8-9-11-19(24)20-18-13-15-12-16(10-5-2)27-14-17(15)21(25)23(18,3)28-22(20)26/h5,10,12,18-20,24H,4,6-9,11,13-14H2,1-3H3/b10-5+/t18-,19?,20+,23-/m0/s1. The van der Waals surface area contributed by atoms with E-state index in [1.807, 2.05) is 25.2 Å². The maximum absolute atomic E-state index is 13.1. The summed E-state index contributed by atoms with van der Waals surface area (Å²) in [5.41, 5.74) is 0.304. The van der Waals surface area contributed by atoms with Gasteiger partial charge in [0.25, 0.3) is 0 Å². The fourth-order valence-electron chi connectivity index (χ4n) is 4.70. The van der Waals surface area contributed by atoms with Crippen molar-refractivity contribution < 1.29 is 24.2 Å². The van der Waals surface area contributed by atoms with Gasteiger partial charge in [-0.3, -0.25) is 9.59 Å². The highest BCUT2D eigenvalue weighted by atomic mass is 16.6. The van der Waals surface area contributed by atoms with E-state index < -0.39 is 23.6 Å². The Morgan fingerprint density at radius 1 is 1.29 bits per heavy atom. The largest absolute Gasteiger partial charge is 0.489 e. The van der Waals surface area contributed by atoms with Crippen molar-refractivity contribution in [3.05, 3.63) is 35.1 Å². The highest BCUT2D eigenvalue weighted by Crippen LogP contribution is 2.49. The predicted octanol–water partition coefficient (Wildman–Crippen LogP) is 4.02. The number of unbranched alkanes of at least 4 members (excludes halogenated alkanes) is 4.